The van der Waals surface area contributed by atoms with Crippen molar-refractivity contribution in [1.29, 1.82) is 0 Å². The molecule has 4 heteroatoms. The van der Waals surface area contributed by atoms with E-state index in [1.54, 1.807) is 0 Å². The summed E-state index contributed by atoms with van der Waals surface area (Å²) in [7, 11) is 0. The highest BCUT2D eigenvalue weighted by Gasteiger charge is 2.41. The molecule has 0 amide bonds. The van der Waals surface area contributed by atoms with Crippen LogP contribution in [-0.4, -0.2) is 28.5 Å². The molecule has 2 unspecified atom stereocenters. The summed E-state index contributed by atoms with van der Waals surface area (Å²) in [6.45, 7) is 3.68. The van der Waals surface area contributed by atoms with E-state index in [1.807, 2.05) is 13.8 Å². The number of hydrogen-bond acceptors (Lipinski definition) is 3. The molecule has 0 saturated carbocycles. The Kier molecular flexibility index (Phi) is 1.90. The Morgan fingerprint density at radius 2 is 2.18 bits per heavy atom. The van der Waals surface area contributed by atoms with E-state index in [4.69, 9.17) is 5.11 Å². The Balaban J connectivity index is 2.64. The summed E-state index contributed by atoms with van der Waals surface area (Å²) < 4.78 is 0. The topological polar surface area (TPSA) is 69.6 Å². The number of rotatable bonds is 1. The fourth-order valence-corrected chi connectivity index (χ4v) is 1.27. The molecule has 0 aromatic heterocycles. The van der Waals surface area contributed by atoms with Crippen LogP contribution in [0.15, 0.2) is 0 Å². The molecule has 0 aromatic carbocycles. The summed E-state index contributed by atoms with van der Waals surface area (Å²) in [5.74, 6) is -0.894. The fraction of sp³-hybridized carbons (Fsp3) is 0.857. The highest BCUT2D eigenvalue weighted by molar-refractivity contribution is 5.74. The van der Waals surface area contributed by atoms with Gasteiger partial charge in [-0.1, -0.05) is 13.8 Å². The zero-order valence-corrected chi connectivity index (χ0v) is 6.66. The van der Waals surface area contributed by atoms with Crippen LogP contribution >= 0.6 is 0 Å². The summed E-state index contributed by atoms with van der Waals surface area (Å²) in [6.07, 6.45) is -0.229. The first-order valence-corrected chi connectivity index (χ1v) is 3.60. The molecule has 64 valence electrons. The van der Waals surface area contributed by atoms with Crippen molar-refractivity contribution >= 4 is 5.97 Å². The zero-order chi connectivity index (χ0) is 8.65. The molecule has 0 aliphatic carbocycles. The Labute approximate surface area is 65.2 Å². The number of aliphatic hydroxyl groups excluding tert-OH is 1. The van der Waals surface area contributed by atoms with Crippen LogP contribution in [-0.2, 0) is 4.79 Å². The van der Waals surface area contributed by atoms with Crippen LogP contribution in [0.5, 0.6) is 0 Å². The van der Waals surface area contributed by atoms with E-state index in [1.165, 1.54) is 0 Å². The van der Waals surface area contributed by atoms with E-state index in [9.17, 15) is 9.90 Å². The molecule has 1 heterocycles. The Morgan fingerprint density at radius 1 is 1.64 bits per heavy atom. The first kappa shape index (κ1) is 8.49. The molecule has 4 nitrogen and oxygen atoms in total. The normalized spacial score (nSPS) is 35.5. The van der Waals surface area contributed by atoms with Gasteiger partial charge in [-0.25, -0.2) is 0 Å². The van der Waals surface area contributed by atoms with Gasteiger partial charge in [0.15, 0.2) is 0 Å². The monoisotopic (exact) mass is 159 g/mol. The molecule has 1 saturated heterocycles. The van der Waals surface area contributed by atoms with Gasteiger partial charge in [0.1, 0.15) is 12.3 Å². The number of carboxylic acids is 1. The lowest BCUT2D eigenvalue weighted by Gasteiger charge is -2.20. The van der Waals surface area contributed by atoms with Gasteiger partial charge in [-0.05, 0) is 6.42 Å². The second kappa shape index (κ2) is 2.46. The number of aliphatic hydroxyl groups is 1. The summed E-state index contributed by atoms with van der Waals surface area (Å²) in [4.78, 5) is 10.5. The van der Waals surface area contributed by atoms with Crippen molar-refractivity contribution in [3.63, 3.8) is 0 Å². The van der Waals surface area contributed by atoms with E-state index in [0.717, 1.165) is 0 Å². The predicted octanol–water partition coefficient (Wildman–Crippen LogP) is -0.223. The number of carbonyl (C=O) groups is 1. The van der Waals surface area contributed by atoms with Gasteiger partial charge in [0.2, 0.25) is 0 Å². The molecule has 0 radical (unpaired) electrons. The van der Waals surface area contributed by atoms with Gasteiger partial charge in [-0.3, -0.25) is 10.1 Å². The van der Waals surface area contributed by atoms with Gasteiger partial charge in [0.25, 0.3) is 0 Å². The van der Waals surface area contributed by atoms with Crippen LogP contribution in [0.25, 0.3) is 0 Å². The smallest absolute Gasteiger partial charge is 0.320 e. The molecule has 2 atom stereocenters. The molecule has 1 aliphatic rings. The second-order valence-electron chi connectivity index (χ2n) is 3.65. The van der Waals surface area contributed by atoms with E-state index in [0.29, 0.717) is 6.42 Å². The van der Waals surface area contributed by atoms with Crippen LogP contribution in [0.3, 0.4) is 0 Å². The quantitative estimate of drug-likeness (QED) is 0.494. The zero-order valence-electron chi connectivity index (χ0n) is 6.66. The molecule has 11 heavy (non-hydrogen) atoms. The van der Waals surface area contributed by atoms with Crippen LogP contribution in [0.2, 0.25) is 0 Å². The minimum absolute atomic E-state index is 0.330. The maximum Gasteiger partial charge on any atom is 0.320 e. The largest absolute Gasteiger partial charge is 0.480 e. The van der Waals surface area contributed by atoms with Gasteiger partial charge in [-0.15, -0.1) is 0 Å². The number of carboxylic acid groups (broad SMARTS) is 1. The van der Waals surface area contributed by atoms with Crippen LogP contribution < -0.4 is 5.32 Å². The minimum Gasteiger partial charge on any atom is -0.480 e. The third-order valence-corrected chi connectivity index (χ3v) is 2.13. The van der Waals surface area contributed by atoms with Crippen LogP contribution in [0.1, 0.15) is 20.3 Å². The van der Waals surface area contributed by atoms with E-state index < -0.39 is 18.2 Å². The average molecular weight is 159 g/mol. The van der Waals surface area contributed by atoms with Crippen molar-refractivity contribution in [1.82, 2.24) is 5.32 Å². The average Bonchev–Trinajstić information content (AvgIpc) is 2.08. The lowest BCUT2D eigenvalue weighted by Crippen LogP contribution is -2.37. The van der Waals surface area contributed by atoms with Gasteiger partial charge in [0, 0.05) is 5.41 Å². The molecule has 0 spiro atoms. The van der Waals surface area contributed by atoms with Gasteiger partial charge >= 0.3 is 5.97 Å². The van der Waals surface area contributed by atoms with Crippen molar-refractivity contribution < 1.29 is 15.0 Å². The maximum absolute atomic E-state index is 10.5. The molecule has 1 aliphatic heterocycles. The first-order chi connectivity index (χ1) is 4.93. The lowest BCUT2D eigenvalue weighted by atomic mass is 9.89. The number of aliphatic carboxylic acids is 1. The van der Waals surface area contributed by atoms with Crippen molar-refractivity contribution in [2.24, 2.45) is 5.41 Å². The highest BCUT2D eigenvalue weighted by Crippen LogP contribution is 2.31. The van der Waals surface area contributed by atoms with E-state index in [2.05, 4.69) is 5.32 Å². The number of hydrogen-bond donors (Lipinski definition) is 3. The molecule has 0 bridgehead atoms. The second-order valence-corrected chi connectivity index (χ2v) is 3.65. The lowest BCUT2D eigenvalue weighted by molar-refractivity contribution is -0.139. The molecule has 3 N–H and O–H groups in total. The van der Waals surface area contributed by atoms with Crippen molar-refractivity contribution in [2.75, 3.05) is 0 Å². The number of nitrogens with one attached hydrogen (secondary N) is 1. The first-order valence-electron chi connectivity index (χ1n) is 3.60. The SMILES string of the molecule is CC1(C)CC(C(=O)O)NC1O. The van der Waals surface area contributed by atoms with Crippen molar-refractivity contribution in [3.05, 3.63) is 0 Å². The summed E-state index contributed by atoms with van der Waals surface area (Å²) in [5.41, 5.74) is -0.330. The molecular formula is C7H13NO3. The van der Waals surface area contributed by atoms with Crippen molar-refractivity contribution in [3.8, 4) is 0 Å². The fourth-order valence-electron chi connectivity index (χ4n) is 1.27. The predicted molar refractivity (Wildman–Crippen MR) is 39.0 cm³/mol. The molecular weight excluding hydrogens is 146 g/mol. The summed E-state index contributed by atoms with van der Waals surface area (Å²) >= 11 is 0. The molecule has 0 aromatic rings. The third-order valence-electron chi connectivity index (χ3n) is 2.13. The van der Waals surface area contributed by atoms with Gasteiger partial charge in [-0.2, -0.15) is 0 Å². The Bertz CT molecular complexity index is 179. The minimum atomic E-state index is -0.894. The van der Waals surface area contributed by atoms with E-state index >= 15 is 0 Å². The molecule has 1 rings (SSSR count). The van der Waals surface area contributed by atoms with Gasteiger partial charge in [0.05, 0.1) is 0 Å². The summed E-state index contributed by atoms with van der Waals surface area (Å²) in [6, 6.07) is -0.597. The maximum atomic E-state index is 10.5. The van der Waals surface area contributed by atoms with Crippen LogP contribution in [0.4, 0.5) is 0 Å². The molecule has 1 fully saturated rings. The Hall–Kier alpha value is -0.610. The van der Waals surface area contributed by atoms with Crippen LogP contribution in [0, 0.1) is 5.41 Å². The van der Waals surface area contributed by atoms with Crippen molar-refractivity contribution in [2.45, 2.75) is 32.5 Å². The van der Waals surface area contributed by atoms with E-state index in [-0.39, 0.29) is 5.41 Å². The highest BCUT2D eigenvalue weighted by atomic mass is 16.4. The standard InChI is InChI=1S/C7H13NO3/c1-7(2)3-4(5(9)10)8-6(7)11/h4,6,8,11H,3H2,1-2H3,(H,9,10). The summed E-state index contributed by atoms with van der Waals surface area (Å²) in [5, 5.41) is 20.5. The van der Waals surface area contributed by atoms with Gasteiger partial charge < -0.3 is 10.2 Å². The Morgan fingerprint density at radius 3 is 2.36 bits per heavy atom. The third kappa shape index (κ3) is 1.52.